The summed E-state index contributed by atoms with van der Waals surface area (Å²) in [6.07, 6.45) is 0.0671. The van der Waals surface area contributed by atoms with Gasteiger partial charge in [0.25, 0.3) is 5.91 Å². The van der Waals surface area contributed by atoms with E-state index in [2.05, 4.69) is 11.4 Å². The van der Waals surface area contributed by atoms with Gasteiger partial charge in [0.15, 0.2) is 6.10 Å². The van der Waals surface area contributed by atoms with Crippen LogP contribution in [0.4, 0.5) is 0 Å². The number of benzene rings is 2. The molecule has 1 aliphatic heterocycles. The molecule has 0 saturated heterocycles. The lowest BCUT2D eigenvalue weighted by atomic mass is 9.89. The van der Waals surface area contributed by atoms with E-state index in [-0.39, 0.29) is 17.6 Å². The van der Waals surface area contributed by atoms with Crippen molar-refractivity contribution in [2.24, 2.45) is 0 Å². The summed E-state index contributed by atoms with van der Waals surface area (Å²) in [7, 11) is 1.60. The van der Waals surface area contributed by atoms with Crippen LogP contribution in [-0.4, -0.2) is 24.7 Å². The largest absolute Gasteiger partial charge is 0.497 e. The number of aryl methyl sites for hydroxylation is 1. The minimum atomic E-state index is -0.628. The lowest BCUT2D eigenvalue weighted by Gasteiger charge is -2.38. The number of hydrogen-bond donors (Lipinski definition) is 1. The maximum Gasteiger partial charge on any atom is 0.261 e. The van der Waals surface area contributed by atoms with Gasteiger partial charge in [-0.1, -0.05) is 23.8 Å². The van der Waals surface area contributed by atoms with E-state index in [1.54, 1.807) is 20.1 Å². The van der Waals surface area contributed by atoms with Gasteiger partial charge < -0.3 is 19.5 Å². The number of nitrogens with one attached hydrogen (secondary N) is 1. The summed E-state index contributed by atoms with van der Waals surface area (Å²) in [5, 5.41) is 3.13. The van der Waals surface area contributed by atoms with E-state index in [1.165, 1.54) is 0 Å². The molecule has 1 aliphatic rings. The van der Waals surface area contributed by atoms with E-state index >= 15 is 0 Å². The van der Waals surface area contributed by atoms with E-state index in [1.807, 2.05) is 51.1 Å². The molecule has 0 radical (unpaired) electrons. The van der Waals surface area contributed by atoms with Gasteiger partial charge in [0, 0.05) is 18.1 Å². The SMILES string of the molecule is COc1cccc(O[C@@H](C)C(=O)N[C@@H]2CC(C)(C)Oc3ccc(C)cc32)c1. The lowest BCUT2D eigenvalue weighted by molar-refractivity contribution is -0.128. The Morgan fingerprint density at radius 3 is 2.70 bits per heavy atom. The number of carbonyl (C=O) groups is 1. The Bertz CT molecular complexity index is 831. The number of methoxy groups -OCH3 is 1. The Kier molecular flexibility index (Phi) is 5.31. The fraction of sp³-hybridized carbons (Fsp3) is 0.409. The van der Waals surface area contributed by atoms with Crippen molar-refractivity contribution in [2.75, 3.05) is 7.11 Å². The van der Waals surface area contributed by atoms with Crippen molar-refractivity contribution in [3.05, 3.63) is 53.6 Å². The molecule has 0 unspecified atom stereocenters. The molecule has 2 aromatic carbocycles. The molecular formula is C22H27NO4. The van der Waals surface area contributed by atoms with Crippen LogP contribution in [0.2, 0.25) is 0 Å². The van der Waals surface area contributed by atoms with Gasteiger partial charge in [-0.15, -0.1) is 0 Å². The fourth-order valence-corrected chi connectivity index (χ4v) is 3.32. The molecule has 5 nitrogen and oxygen atoms in total. The van der Waals surface area contributed by atoms with E-state index in [0.29, 0.717) is 17.9 Å². The first-order valence-electron chi connectivity index (χ1n) is 9.18. The first kappa shape index (κ1) is 19.1. The standard InChI is InChI=1S/C22H27NO4/c1-14-9-10-20-18(11-14)19(13-22(3,4)27-20)23-21(24)15(2)26-17-8-6-7-16(12-17)25-5/h6-12,15,19H,13H2,1-5H3,(H,23,24)/t15-,19+/m0/s1. The Balaban J connectivity index is 1.74. The fourth-order valence-electron chi connectivity index (χ4n) is 3.32. The smallest absolute Gasteiger partial charge is 0.261 e. The van der Waals surface area contributed by atoms with Crippen LogP contribution in [0.15, 0.2) is 42.5 Å². The highest BCUT2D eigenvalue weighted by Crippen LogP contribution is 2.39. The van der Waals surface area contributed by atoms with Gasteiger partial charge in [0.05, 0.1) is 13.2 Å². The average Bonchev–Trinajstić information content (AvgIpc) is 2.61. The van der Waals surface area contributed by atoms with Gasteiger partial charge in [-0.05, 0) is 45.9 Å². The zero-order chi connectivity index (χ0) is 19.6. The summed E-state index contributed by atoms with van der Waals surface area (Å²) in [5.74, 6) is 1.95. The summed E-state index contributed by atoms with van der Waals surface area (Å²) in [4.78, 5) is 12.8. The molecule has 2 atom stereocenters. The molecule has 2 aromatic rings. The second kappa shape index (κ2) is 7.51. The third kappa shape index (κ3) is 4.54. The number of ether oxygens (including phenoxy) is 3. The second-order valence-electron chi connectivity index (χ2n) is 7.61. The molecular weight excluding hydrogens is 342 g/mol. The number of hydrogen-bond acceptors (Lipinski definition) is 4. The van der Waals surface area contributed by atoms with Gasteiger partial charge >= 0.3 is 0 Å². The van der Waals surface area contributed by atoms with Gasteiger partial charge in [0.2, 0.25) is 0 Å². The normalized spacial score (nSPS) is 18.6. The highest BCUT2D eigenvalue weighted by Gasteiger charge is 2.35. The van der Waals surface area contributed by atoms with Crippen LogP contribution in [0, 0.1) is 6.92 Å². The Morgan fingerprint density at radius 1 is 1.22 bits per heavy atom. The first-order valence-corrected chi connectivity index (χ1v) is 9.18. The molecule has 3 rings (SSSR count). The van der Waals surface area contributed by atoms with Crippen LogP contribution in [0.3, 0.4) is 0 Å². The zero-order valence-electron chi connectivity index (χ0n) is 16.5. The van der Waals surface area contributed by atoms with E-state index < -0.39 is 6.10 Å². The first-order chi connectivity index (χ1) is 12.8. The number of amides is 1. The maximum atomic E-state index is 12.8. The Morgan fingerprint density at radius 2 is 1.96 bits per heavy atom. The van der Waals surface area contributed by atoms with Gasteiger partial charge in [-0.25, -0.2) is 0 Å². The molecule has 0 aliphatic carbocycles. The quantitative estimate of drug-likeness (QED) is 0.859. The molecule has 0 bridgehead atoms. The maximum absolute atomic E-state index is 12.8. The van der Waals surface area contributed by atoms with E-state index in [9.17, 15) is 4.79 Å². The van der Waals surface area contributed by atoms with Crippen molar-refractivity contribution in [3.63, 3.8) is 0 Å². The van der Waals surface area contributed by atoms with Crippen molar-refractivity contribution < 1.29 is 19.0 Å². The summed E-state index contributed by atoms with van der Waals surface area (Å²) >= 11 is 0. The van der Waals surface area contributed by atoms with Gasteiger partial charge in [0.1, 0.15) is 22.8 Å². The van der Waals surface area contributed by atoms with Crippen LogP contribution in [-0.2, 0) is 4.79 Å². The molecule has 0 spiro atoms. The predicted octanol–water partition coefficient (Wildman–Crippen LogP) is 4.19. The number of fused-ring (bicyclic) bond motifs is 1. The van der Waals surface area contributed by atoms with Crippen molar-refractivity contribution in [1.29, 1.82) is 0 Å². The topological polar surface area (TPSA) is 56.8 Å². The number of rotatable bonds is 5. The number of carbonyl (C=O) groups excluding carboxylic acids is 1. The minimum Gasteiger partial charge on any atom is -0.497 e. The van der Waals surface area contributed by atoms with Crippen LogP contribution in [0.1, 0.15) is 44.4 Å². The average molecular weight is 369 g/mol. The summed E-state index contributed by atoms with van der Waals surface area (Å²) in [6, 6.07) is 13.2. The highest BCUT2D eigenvalue weighted by atomic mass is 16.5. The Labute approximate surface area is 160 Å². The molecule has 1 N–H and O–H groups in total. The van der Waals surface area contributed by atoms with Crippen LogP contribution < -0.4 is 19.5 Å². The molecule has 1 amide bonds. The third-order valence-electron chi connectivity index (χ3n) is 4.66. The van der Waals surface area contributed by atoms with E-state index in [0.717, 1.165) is 16.9 Å². The van der Waals surface area contributed by atoms with Crippen molar-refractivity contribution in [3.8, 4) is 17.2 Å². The summed E-state index contributed by atoms with van der Waals surface area (Å²) in [5.41, 5.74) is 1.80. The summed E-state index contributed by atoms with van der Waals surface area (Å²) in [6.45, 7) is 7.85. The van der Waals surface area contributed by atoms with Gasteiger partial charge in [-0.2, -0.15) is 0 Å². The molecule has 144 valence electrons. The molecule has 1 heterocycles. The zero-order valence-corrected chi connectivity index (χ0v) is 16.5. The summed E-state index contributed by atoms with van der Waals surface area (Å²) < 4.78 is 17.1. The molecule has 27 heavy (non-hydrogen) atoms. The van der Waals surface area contributed by atoms with E-state index in [4.69, 9.17) is 14.2 Å². The molecule has 0 aromatic heterocycles. The van der Waals surface area contributed by atoms with Crippen LogP contribution in [0.5, 0.6) is 17.2 Å². The third-order valence-corrected chi connectivity index (χ3v) is 4.66. The van der Waals surface area contributed by atoms with Crippen molar-refractivity contribution >= 4 is 5.91 Å². The van der Waals surface area contributed by atoms with Crippen LogP contribution in [0.25, 0.3) is 0 Å². The second-order valence-corrected chi connectivity index (χ2v) is 7.61. The highest BCUT2D eigenvalue weighted by molar-refractivity contribution is 5.81. The van der Waals surface area contributed by atoms with Crippen molar-refractivity contribution in [2.45, 2.75) is 51.9 Å². The van der Waals surface area contributed by atoms with Crippen LogP contribution >= 0.6 is 0 Å². The monoisotopic (exact) mass is 369 g/mol. The minimum absolute atomic E-state index is 0.118. The Hall–Kier alpha value is -2.69. The lowest BCUT2D eigenvalue weighted by Crippen LogP contribution is -2.44. The molecule has 5 heteroatoms. The van der Waals surface area contributed by atoms with Crippen molar-refractivity contribution in [1.82, 2.24) is 5.32 Å². The van der Waals surface area contributed by atoms with Gasteiger partial charge in [-0.3, -0.25) is 4.79 Å². The molecule has 0 fully saturated rings. The molecule has 0 saturated carbocycles. The predicted molar refractivity (Wildman–Crippen MR) is 104 cm³/mol.